The third-order valence-corrected chi connectivity index (χ3v) is 3.13. The lowest BCUT2D eigenvalue weighted by molar-refractivity contribution is -0.385. The Kier molecular flexibility index (Phi) is 4.20. The molecular weight excluding hydrogens is 276 g/mol. The molecule has 0 radical (unpaired) electrons. The number of aryl methyl sites for hydroxylation is 1. The van der Waals surface area contributed by atoms with Gasteiger partial charge in [0.1, 0.15) is 11.7 Å². The fraction of sp³-hybridized carbons (Fsp3) is 0.583. The van der Waals surface area contributed by atoms with Gasteiger partial charge >= 0.3 is 5.69 Å². The van der Waals surface area contributed by atoms with Crippen molar-refractivity contribution in [1.29, 1.82) is 0 Å². The van der Waals surface area contributed by atoms with Gasteiger partial charge in [-0.25, -0.2) is 4.98 Å². The Balaban J connectivity index is 2.21. The molecular formula is C12H18N6O3. The molecule has 0 bridgehead atoms. The lowest BCUT2D eigenvalue weighted by atomic mass is 10.2. The third-order valence-electron chi connectivity index (χ3n) is 3.13. The van der Waals surface area contributed by atoms with Crippen molar-refractivity contribution in [2.24, 2.45) is 0 Å². The molecule has 3 N–H and O–H groups in total. The van der Waals surface area contributed by atoms with E-state index < -0.39 is 11.0 Å². The summed E-state index contributed by atoms with van der Waals surface area (Å²) >= 11 is 0. The average molecular weight is 294 g/mol. The molecule has 1 saturated carbocycles. The van der Waals surface area contributed by atoms with E-state index in [9.17, 15) is 14.9 Å². The zero-order chi connectivity index (χ0) is 15.6. The van der Waals surface area contributed by atoms with Crippen LogP contribution in [0, 0.1) is 17.0 Å². The summed E-state index contributed by atoms with van der Waals surface area (Å²) in [5.41, 5.74) is 0.0109. The van der Waals surface area contributed by atoms with E-state index in [0.29, 0.717) is 0 Å². The molecule has 1 aromatic rings. The lowest BCUT2D eigenvalue weighted by Crippen LogP contribution is -2.39. The molecule has 0 aliphatic heterocycles. The smallest absolute Gasteiger partial charge is 0.332 e. The van der Waals surface area contributed by atoms with Crippen LogP contribution in [0.4, 0.5) is 17.5 Å². The third kappa shape index (κ3) is 3.56. The van der Waals surface area contributed by atoms with Crippen LogP contribution in [0.2, 0.25) is 0 Å². The number of nitro groups is 1. The summed E-state index contributed by atoms with van der Waals surface area (Å²) in [6.07, 6.45) is 1.96. The van der Waals surface area contributed by atoms with Crippen molar-refractivity contribution in [2.45, 2.75) is 38.8 Å². The first-order valence-electron chi connectivity index (χ1n) is 6.70. The van der Waals surface area contributed by atoms with Gasteiger partial charge in [0.2, 0.25) is 17.7 Å². The second kappa shape index (κ2) is 5.90. The number of carbonyl (C=O) groups is 1. The molecule has 0 spiro atoms. The van der Waals surface area contributed by atoms with Gasteiger partial charge in [-0.05, 0) is 26.7 Å². The van der Waals surface area contributed by atoms with Crippen LogP contribution >= 0.6 is 0 Å². The zero-order valence-corrected chi connectivity index (χ0v) is 12.1. The topological polar surface area (TPSA) is 122 Å². The Bertz CT molecular complexity index is 572. The molecule has 9 heteroatoms. The van der Waals surface area contributed by atoms with Crippen LogP contribution in [0.3, 0.4) is 0 Å². The van der Waals surface area contributed by atoms with Gasteiger partial charge in [0, 0.05) is 13.1 Å². The monoisotopic (exact) mass is 294 g/mol. The molecule has 1 aromatic heterocycles. The van der Waals surface area contributed by atoms with Gasteiger partial charge < -0.3 is 16.0 Å². The molecule has 1 amide bonds. The van der Waals surface area contributed by atoms with Crippen LogP contribution in [0.15, 0.2) is 0 Å². The number of rotatable bonds is 6. The fourth-order valence-corrected chi connectivity index (χ4v) is 1.82. The van der Waals surface area contributed by atoms with Gasteiger partial charge in [-0.3, -0.25) is 14.9 Å². The quantitative estimate of drug-likeness (QED) is 0.524. The molecule has 21 heavy (non-hydrogen) atoms. The van der Waals surface area contributed by atoms with E-state index in [4.69, 9.17) is 0 Å². The minimum absolute atomic E-state index is 0.0373. The van der Waals surface area contributed by atoms with Crippen LogP contribution in [0.25, 0.3) is 0 Å². The first-order valence-corrected chi connectivity index (χ1v) is 6.70. The summed E-state index contributed by atoms with van der Waals surface area (Å²) in [7, 11) is 1.62. The van der Waals surface area contributed by atoms with Gasteiger partial charge in [-0.1, -0.05) is 0 Å². The standard InChI is InChI=1S/C12H18N6O3/c1-6-9(18(20)21)10(17-12(13-3)15-6)14-7(2)11(19)16-8-4-5-8/h7-8H,4-5H2,1-3H3,(H,16,19)(H2,13,14,15,17). The molecule has 1 heterocycles. The number of nitrogens with zero attached hydrogens (tertiary/aromatic N) is 3. The van der Waals surface area contributed by atoms with Crippen molar-refractivity contribution in [3.05, 3.63) is 15.8 Å². The van der Waals surface area contributed by atoms with Gasteiger partial charge in [0.15, 0.2) is 0 Å². The number of anilines is 2. The summed E-state index contributed by atoms with van der Waals surface area (Å²) in [6.45, 7) is 3.17. The SMILES string of the molecule is CNc1nc(C)c([N+](=O)[O-])c(NC(C)C(=O)NC2CC2)n1. The van der Waals surface area contributed by atoms with Crippen molar-refractivity contribution >= 4 is 23.4 Å². The maximum absolute atomic E-state index is 11.9. The number of hydrogen-bond acceptors (Lipinski definition) is 7. The normalized spacial score (nSPS) is 15.2. The zero-order valence-electron chi connectivity index (χ0n) is 12.1. The molecule has 0 aromatic carbocycles. The molecule has 1 aliphatic carbocycles. The Morgan fingerprint density at radius 2 is 2.10 bits per heavy atom. The predicted octanol–water partition coefficient (Wildman–Crippen LogP) is 0.814. The van der Waals surface area contributed by atoms with Crippen LogP contribution < -0.4 is 16.0 Å². The number of amides is 1. The maximum atomic E-state index is 11.9. The van der Waals surface area contributed by atoms with Crippen LogP contribution in [0.5, 0.6) is 0 Å². The molecule has 1 unspecified atom stereocenters. The lowest BCUT2D eigenvalue weighted by Gasteiger charge is -2.15. The predicted molar refractivity (Wildman–Crippen MR) is 77.2 cm³/mol. The highest BCUT2D eigenvalue weighted by Gasteiger charge is 2.28. The summed E-state index contributed by atoms with van der Waals surface area (Å²) in [4.78, 5) is 30.5. The first-order chi connectivity index (χ1) is 9.92. The van der Waals surface area contributed by atoms with Crippen molar-refractivity contribution < 1.29 is 9.72 Å². The molecule has 1 atom stereocenters. The minimum Gasteiger partial charge on any atom is -0.357 e. The summed E-state index contributed by atoms with van der Waals surface area (Å²) in [6, 6.07) is -0.389. The molecule has 114 valence electrons. The van der Waals surface area contributed by atoms with E-state index >= 15 is 0 Å². The van der Waals surface area contributed by atoms with Gasteiger partial charge in [-0.15, -0.1) is 0 Å². The maximum Gasteiger partial charge on any atom is 0.332 e. The van der Waals surface area contributed by atoms with Crippen molar-refractivity contribution in [3.63, 3.8) is 0 Å². The highest BCUT2D eigenvalue weighted by atomic mass is 16.6. The summed E-state index contributed by atoms with van der Waals surface area (Å²) in [5, 5.41) is 19.5. The van der Waals surface area contributed by atoms with E-state index in [1.165, 1.54) is 6.92 Å². The summed E-state index contributed by atoms with van der Waals surface area (Å²) in [5.74, 6) is 0.0970. The second-order valence-electron chi connectivity index (χ2n) is 4.99. The Labute approximate surface area is 121 Å². The van der Waals surface area contributed by atoms with Crippen LogP contribution in [0.1, 0.15) is 25.5 Å². The second-order valence-corrected chi connectivity index (χ2v) is 4.99. The first kappa shape index (κ1) is 14.9. The highest BCUT2D eigenvalue weighted by Crippen LogP contribution is 2.27. The Morgan fingerprint density at radius 1 is 1.43 bits per heavy atom. The molecule has 2 rings (SSSR count). The molecule has 1 fully saturated rings. The average Bonchev–Trinajstić information content (AvgIpc) is 3.21. The highest BCUT2D eigenvalue weighted by molar-refractivity contribution is 5.85. The largest absolute Gasteiger partial charge is 0.357 e. The van der Waals surface area contributed by atoms with E-state index in [0.717, 1.165) is 12.8 Å². The Hall–Kier alpha value is -2.45. The van der Waals surface area contributed by atoms with E-state index in [1.807, 2.05) is 0 Å². The molecule has 0 saturated heterocycles. The van der Waals surface area contributed by atoms with Gasteiger partial charge in [-0.2, -0.15) is 4.98 Å². The van der Waals surface area contributed by atoms with Crippen molar-refractivity contribution in [3.8, 4) is 0 Å². The van der Waals surface area contributed by atoms with Gasteiger partial charge in [0.05, 0.1) is 4.92 Å². The van der Waals surface area contributed by atoms with Gasteiger partial charge in [0.25, 0.3) is 0 Å². The molecule has 9 nitrogen and oxygen atoms in total. The summed E-state index contributed by atoms with van der Waals surface area (Å²) < 4.78 is 0. The number of hydrogen-bond donors (Lipinski definition) is 3. The fourth-order valence-electron chi connectivity index (χ4n) is 1.82. The minimum atomic E-state index is -0.622. The molecule has 1 aliphatic rings. The van der Waals surface area contributed by atoms with Crippen molar-refractivity contribution in [1.82, 2.24) is 15.3 Å². The Morgan fingerprint density at radius 3 is 2.62 bits per heavy atom. The van der Waals surface area contributed by atoms with Crippen molar-refractivity contribution in [2.75, 3.05) is 17.7 Å². The number of nitrogens with one attached hydrogen (secondary N) is 3. The van der Waals surface area contributed by atoms with Crippen LogP contribution in [-0.4, -0.2) is 39.9 Å². The van der Waals surface area contributed by atoms with E-state index in [1.54, 1.807) is 14.0 Å². The number of aromatic nitrogens is 2. The van der Waals surface area contributed by atoms with Crippen LogP contribution in [-0.2, 0) is 4.79 Å². The van der Waals surface area contributed by atoms with E-state index in [2.05, 4.69) is 25.9 Å². The van der Waals surface area contributed by atoms with E-state index in [-0.39, 0.29) is 35.1 Å². The number of carbonyl (C=O) groups excluding carboxylic acids is 1.